The Bertz CT molecular complexity index is 475. The zero-order chi connectivity index (χ0) is 14.8. The van der Waals surface area contributed by atoms with Crippen LogP contribution in [0, 0.1) is 12.3 Å². The van der Waals surface area contributed by atoms with Gasteiger partial charge in [-0.05, 0) is 35.8 Å². The summed E-state index contributed by atoms with van der Waals surface area (Å²) in [5.41, 5.74) is 7.46. The van der Waals surface area contributed by atoms with Gasteiger partial charge in [-0.2, -0.15) is 0 Å². The standard InChI is InChI=1S/C15H25N3OS.ClH/c1-11-5-7-20-12(11)8-17-14(19)9-18-6-4-13(16)15(2,3)10-18;/h5,7,13H,4,6,8-10,16H2,1-3H3,(H,17,19);1H. The molecule has 0 bridgehead atoms. The highest BCUT2D eigenvalue weighted by molar-refractivity contribution is 7.10. The van der Waals surface area contributed by atoms with E-state index in [4.69, 9.17) is 5.73 Å². The molecular weight excluding hydrogens is 306 g/mol. The second kappa shape index (κ2) is 7.58. The Hall–Kier alpha value is -0.620. The average molecular weight is 332 g/mol. The largest absolute Gasteiger partial charge is 0.350 e. The van der Waals surface area contributed by atoms with Crippen LogP contribution >= 0.6 is 23.7 Å². The third kappa shape index (κ3) is 4.95. The quantitative estimate of drug-likeness (QED) is 0.888. The van der Waals surface area contributed by atoms with E-state index in [0.29, 0.717) is 13.1 Å². The first kappa shape index (κ1) is 18.4. The molecule has 0 aliphatic carbocycles. The molecule has 21 heavy (non-hydrogen) atoms. The summed E-state index contributed by atoms with van der Waals surface area (Å²) in [7, 11) is 0. The molecule has 2 heterocycles. The minimum absolute atomic E-state index is 0. The van der Waals surface area contributed by atoms with E-state index < -0.39 is 0 Å². The molecule has 0 aromatic carbocycles. The van der Waals surface area contributed by atoms with Gasteiger partial charge in [-0.25, -0.2) is 0 Å². The van der Waals surface area contributed by atoms with Crippen LogP contribution in [0.3, 0.4) is 0 Å². The molecule has 0 saturated carbocycles. The Morgan fingerprint density at radius 2 is 2.29 bits per heavy atom. The molecule has 3 N–H and O–H groups in total. The first-order chi connectivity index (χ1) is 9.38. The third-order valence-corrected chi connectivity index (χ3v) is 5.20. The van der Waals surface area contributed by atoms with Gasteiger partial charge in [-0.15, -0.1) is 23.7 Å². The molecule has 4 nitrogen and oxygen atoms in total. The Labute approximate surface area is 137 Å². The molecule has 120 valence electrons. The second-order valence-electron chi connectivity index (χ2n) is 6.40. The van der Waals surface area contributed by atoms with Crippen molar-refractivity contribution in [2.24, 2.45) is 11.1 Å². The number of thiophene rings is 1. The van der Waals surface area contributed by atoms with Crippen LogP contribution in [0.4, 0.5) is 0 Å². The number of nitrogens with two attached hydrogens (primary N) is 1. The van der Waals surface area contributed by atoms with Gasteiger partial charge in [0, 0.05) is 24.0 Å². The summed E-state index contributed by atoms with van der Waals surface area (Å²) in [6.45, 7) is 9.34. The van der Waals surface area contributed by atoms with E-state index in [1.54, 1.807) is 11.3 Å². The molecule has 0 spiro atoms. The molecule has 1 aromatic rings. The SMILES string of the molecule is Cc1ccsc1CNC(=O)CN1CCC(N)C(C)(C)C1.Cl. The van der Waals surface area contributed by atoms with Crippen molar-refractivity contribution in [3.05, 3.63) is 21.9 Å². The molecule has 2 rings (SSSR count). The lowest BCUT2D eigenvalue weighted by Gasteiger charge is -2.42. The molecule has 1 fully saturated rings. The molecule has 1 amide bonds. The fourth-order valence-corrected chi connectivity index (χ4v) is 3.49. The van der Waals surface area contributed by atoms with Crippen molar-refractivity contribution in [2.45, 2.75) is 39.8 Å². The number of rotatable bonds is 4. The Kier molecular flexibility index (Phi) is 6.66. The van der Waals surface area contributed by atoms with E-state index >= 15 is 0 Å². The van der Waals surface area contributed by atoms with Crippen molar-refractivity contribution < 1.29 is 4.79 Å². The number of carbonyl (C=O) groups is 1. The fraction of sp³-hybridized carbons (Fsp3) is 0.667. The van der Waals surface area contributed by atoms with Crippen LogP contribution in [0.2, 0.25) is 0 Å². The molecule has 1 atom stereocenters. The van der Waals surface area contributed by atoms with Crippen LogP contribution in [0.5, 0.6) is 0 Å². The number of nitrogens with one attached hydrogen (secondary N) is 1. The summed E-state index contributed by atoms with van der Waals surface area (Å²) in [6, 6.07) is 2.32. The molecular formula is C15H26ClN3OS. The van der Waals surface area contributed by atoms with Crippen LogP contribution in [-0.4, -0.2) is 36.5 Å². The van der Waals surface area contributed by atoms with Crippen molar-refractivity contribution in [1.82, 2.24) is 10.2 Å². The van der Waals surface area contributed by atoms with Gasteiger partial charge in [-0.1, -0.05) is 13.8 Å². The van der Waals surface area contributed by atoms with Crippen molar-refractivity contribution in [2.75, 3.05) is 19.6 Å². The summed E-state index contributed by atoms with van der Waals surface area (Å²) >= 11 is 1.69. The number of amides is 1. The van der Waals surface area contributed by atoms with Crippen molar-refractivity contribution >= 4 is 29.7 Å². The summed E-state index contributed by atoms with van der Waals surface area (Å²) in [5, 5.41) is 5.07. The Morgan fingerprint density at radius 1 is 1.57 bits per heavy atom. The number of likely N-dealkylation sites (tertiary alicyclic amines) is 1. The number of nitrogens with zero attached hydrogens (tertiary/aromatic N) is 1. The number of hydrogen-bond donors (Lipinski definition) is 2. The van der Waals surface area contributed by atoms with Gasteiger partial charge in [0.2, 0.25) is 5.91 Å². The van der Waals surface area contributed by atoms with Gasteiger partial charge in [0.15, 0.2) is 0 Å². The van der Waals surface area contributed by atoms with Crippen LogP contribution in [0.15, 0.2) is 11.4 Å². The molecule has 1 unspecified atom stereocenters. The first-order valence-electron chi connectivity index (χ1n) is 7.16. The van der Waals surface area contributed by atoms with E-state index in [-0.39, 0.29) is 29.8 Å². The highest BCUT2D eigenvalue weighted by Crippen LogP contribution is 2.27. The maximum atomic E-state index is 12.0. The summed E-state index contributed by atoms with van der Waals surface area (Å²) in [5.74, 6) is 0.101. The summed E-state index contributed by atoms with van der Waals surface area (Å²) < 4.78 is 0. The van der Waals surface area contributed by atoms with E-state index in [1.165, 1.54) is 10.4 Å². The van der Waals surface area contributed by atoms with Crippen LogP contribution in [0.25, 0.3) is 0 Å². The van der Waals surface area contributed by atoms with Crippen molar-refractivity contribution in [1.29, 1.82) is 0 Å². The van der Waals surface area contributed by atoms with E-state index in [0.717, 1.165) is 19.5 Å². The summed E-state index contributed by atoms with van der Waals surface area (Å²) in [6.07, 6.45) is 0.963. The smallest absolute Gasteiger partial charge is 0.234 e. The van der Waals surface area contributed by atoms with Gasteiger partial charge in [-0.3, -0.25) is 9.69 Å². The first-order valence-corrected chi connectivity index (χ1v) is 8.04. The van der Waals surface area contributed by atoms with Gasteiger partial charge < -0.3 is 11.1 Å². The number of carbonyl (C=O) groups excluding carboxylic acids is 1. The highest BCUT2D eigenvalue weighted by Gasteiger charge is 2.33. The zero-order valence-electron chi connectivity index (χ0n) is 13.0. The van der Waals surface area contributed by atoms with E-state index in [2.05, 4.69) is 42.4 Å². The second-order valence-corrected chi connectivity index (χ2v) is 7.40. The van der Waals surface area contributed by atoms with Crippen molar-refractivity contribution in [3.8, 4) is 0 Å². The molecule has 0 radical (unpaired) electrons. The Morgan fingerprint density at radius 3 is 2.86 bits per heavy atom. The number of hydrogen-bond acceptors (Lipinski definition) is 4. The van der Waals surface area contributed by atoms with Crippen molar-refractivity contribution in [3.63, 3.8) is 0 Å². The predicted octanol–water partition coefficient (Wildman–Crippen LogP) is 2.15. The van der Waals surface area contributed by atoms with Gasteiger partial charge in [0.25, 0.3) is 0 Å². The van der Waals surface area contributed by atoms with E-state index in [1.807, 2.05) is 0 Å². The summed E-state index contributed by atoms with van der Waals surface area (Å²) in [4.78, 5) is 15.5. The lowest BCUT2D eigenvalue weighted by Crippen LogP contribution is -2.54. The molecule has 1 aliphatic heterocycles. The maximum Gasteiger partial charge on any atom is 0.234 e. The normalized spacial score (nSPS) is 21.6. The zero-order valence-corrected chi connectivity index (χ0v) is 14.6. The molecule has 1 aliphatic rings. The minimum Gasteiger partial charge on any atom is -0.350 e. The van der Waals surface area contributed by atoms with Crippen LogP contribution < -0.4 is 11.1 Å². The number of piperidine rings is 1. The van der Waals surface area contributed by atoms with Gasteiger partial charge in [0.05, 0.1) is 13.1 Å². The number of aryl methyl sites for hydroxylation is 1. The molecule has 1 aromatic heterocycles. The van der Waals surface area contributed by atoms with Crippen LogP contribution in [-0.2, 0) is 11.3 Å². The minimum atomic E-state index is 0. The average Bonchev–Trinajstić information content (AvgIpc) is 2.77. The fourth-order valence-electron chi connectivity index (χ4n) is 2.64. The third-order valence-electron chi connectivity index (χ3n) is 4.17. The highest BCUT2D eigenvalue weighted by atomic mass is 35.5. The lowest BCUT2D eigenvalue weighted by atomic mass is 9.80. The molecule has 6 heteroatoms. The van der Waals surface area contributed by atoms with Gasteiger partial charge in [0.1, 0.15) is 0 Å². The monoisotopic (exact) mass is 331 g/mol. The van der Waals surface area contributed by atoms with E-state index in [9.17, 15) is 4.79 Å². The van der Waals surface area contributed by atoms with Gasteiger partial charge >= 0.3 is 0 Å². The maximum absolute atomic E-state index is 12.0. The number of halogens is 1. The molecule has 1 saturated heterocycles. The lowest BCUT2D eigenvalue weighted by molar-refractivity contribution is -0.123. The van der Waals surface area contributed by atoms with Crippen LogP contribution in [0.1, 0.15) is 30.7 Å². The Balaban J connectivity index is 0.00000220. The predicted molar refractivity (Wildman–Crippen MR) is 91.0 cm³/mol. The topological polar surface area (TPSA) is 58.4 Å².